The van der Waals surface area contributed by atoms with E-state index in [4.69, 9.17) is 14.9 Å². The number of hydrogen-bond acceptors (Lipinski definition) is 5. The molecule has 0 amide bonds. The van der Waals surface area contributed by atoms with Gasteiger partial charge in [0.15, 0.2) is 5.17 Å². The van der Waals surface area contributed by atoms with Crippen molar-refractivity contribution in [3.63, 3.8) is 0 Å². The summed E-state index contributed by atoms with van der Waals surface area (Å²) in [5.41, 5.74) is 7.32. The van der Waals surface area contributed by atoms with E-state index in [9.17, 15) is 4.79 Å². The fourth-order valence-corrected chi connectivity index (χ4v) is 3.29. The summed E-state index contributed by atoms with van der Waals surface area (Å²) in [7, 11) is 0. The maximum Gasteiger partial charge on any atom is 0.374 e. The molecule has 2 aromatic rings. The number of benzene rings is 1. The highest BCUT2D eigenvalue weighted by Crippen LogP contribution is 2.32. The average Bonchev–Trinajstić information content (AvgIpc) is 2.82. The van der Waals surface area contributed by atoms with Crippen molar-refractivity contribution in [2.45, 2.75) is 32.6 Å². The lowest BCUT2D eigenvalue weighted by Gasteiger charge is -2.04. The standard InChI is InChI=1S/C16H19BrN2O3S/c1-4-21-15(20)14-12(8-23-16(18)19-9(2)3)11-7-10(17)5-6-13(11)22-14/h5-7,9H,4,8H2,1-3H3,(H2,18,19). The number of nitrogens with two attached hydrogens (primary N) is 1. The molecule has 0 atom stereocenters. The van der Waals surface area contributed by atoms with Gasteiger partial charge in [-0.25, -0.2) is 4.79 Å². The number of fused-ring (bicyclic) bond motifs is 1. The summed E-state index contributed by atoms with van der Waals surface area (Å²) in [5, 5.41) is 1.35. The van der Waals surface area contributed by atoms with Gasteiger partial charge in [-0.2, -0.15) is 0 Å². The van der Waals surface area contributed by atoms with Crippen LogP contribution in [0.2, 0.25) is 0 Å². The third-order valence-corrected chi connectivity index (χ3v) is 4.29. The van der Waals surface area contributed by atoms with E-state index in [1.54, 1.807) is 6.92 Å². The van der Waals surface area contributed by atoms with Crippen LogP contribution in [0.3, 0.4) is 0 Å². The van der Waals surface area contributed by atoms with Crippen LogP contribution in [0.15, 0.2) is 32.1 Å². The van der Waals surface area contributed by atoms with Gasteiger partial charge in [0.05, 0.1) is 6.61 Å². The molecule has 2 N–H and O–H groups in total. The maximum atomic E-state index is 12.1. The number of ether oxygens (including phenoxy) is 1. The molecule has 5 nitrogen and oxygen atoms in total. The third kappa shape index (κ3) is 4.51. The molecule has 0 saturated heterocycles. The first kappa shape index (κ1) is 17.9. The topological polar surface area (TPSA) is 77.8 Å². The molecule has 0 saturated carbocycles. The van der Waals surface area contributed by atoms with Crippen LogP contribution < -0.4 is 5.73 Å². The Kier molecular flexibility index (Phi) is 6.12. The number of amidine groups is 1. The van der Waals surface area contributed by atoms with Gasteiger partial charge in [0.2, 0.25) is 5.76 Å². The number of hydrogen-bond donors (Lipinski definition) is 1. The van der Waals surface area contributed by atoms with Crippen molar-refractivity contribution >= 4 is 49.8 Å². The second kappa shape index (κ2) is 7.88. The van der Waals surface area contributed by atoms with Gasteiger partial charge in [-0.15, -0.1) is 0 Å². The van der Waals surface area contributed by atoms with E-state index in [0.717, 1.165) is 15.4 Å². The van der Waals surface area contributed by atoms with Crippen molar-refractivity contribution in [1.82, 2.24) is 0 Å². The predicted octanol–water partition coefficient (Wildman–Crippen LogP) is 4.33. The van der Waals surface area contributed by atoms with Gasteiger partial charge in [-0.05, 0) is 39.0 Å². The van der Waals surface area contributed by atoms with E-state index in [1.807, 2.05) is 32.0 Å². The molecule has 124 valence electrons. The molecule has 2 rings (SSSR count). The van der Waals surface area contributed by atoms with E-state index in [-0.39, 0.29) is 11.8 Å². The number of nitrogens with zero attached hydrogens (tertiary/aromatic N) is 1. The van der Waals surface area contributed by atoms with Gasteiger partial charge >= 0.3 is 5.97 Å². The Morgan fingerprint density at radius 1 is 1.48 bits per heavy atom. The van der Waals surface area contributed by atoms with Crippen molar-refractivity contribution in [3.05, 3.63) is 34.0 Å². The first-order valence-corrected chi connectivity index (χ1v) is 9.04. The van der Waals surface area contributed by atoms with Crippen LogP contribution in [-0.4, -0.2) is 23.8 Å². The zero-order valence-electron chi connectivity index (χ0n) is 13.3. The van der Waals surface area contributed by atoms with Crippen molar-refractivity contribution in [2.75, 3.05) is 6.61 Å². The molecule has 0 bridgehead atoms. The highest BCUT2D eigenvalue weighted by Gasteiger charge is 2.22. The summed E-state index contributed by atoms with van der Waals surface area (Å²) in [4.78, 5) is 16.4. The Morgan fingerprint density at radius 3 is 2.87 bits per heavy atom. The van der Waals surface area contributed by atoms with Gasteiger partial charge in [0.25, 0.3) is 0 Å². The van der Waals surface area contributed by atoms with Crippen LogP contribution in [0.1, 0.15) is 36.9 Å². The van der Waals surface area contributed by atoms with Gasteiger partial charge < -0.3 is 14.9 Å². The second-order valence-corrected chi connectivity index (χ2v) is 7.03. The summed E-state index contributed by atoms with van der Waals surface area (Å²) < 4.78 is 11.7. The molecule has 0 aliphatic rings. The highest BCUT2D eigenvalue weighted by atomic mass is 79.9. The number of carbonyl (C=O) groups is 1. The Bertz CT molecular complexity index is 740. The largest absolute Gasteiger partial charge is 0.460 e. The van der Waals surface area contributed by atoms with E-state index in [2.05, 4.69) is 20.9 Å². The monoisotopic (exact) mass is 398 g/mol. The van der Waals surface area contributed by atoms with Gasteiger partial charge in [0, 0.05) is 27.2 Å². The smallest absolute Gasteiger partial charge is 0.374 e. The van der Waals surface area contributed by atoms with Crippen LogP contribution in [0, 0.1) is 0 Å². The third-order valence-electron chi connectivity index (χ3n) is 2.96. The summed E-state index contributed by atoms with van der Waals surface area (Å²) in [6.07, 6.45) is 0. The molecule has 1 heterocycles. The van der Waals surface area contributed by atoms with Gasteiger partial charge in [-0.1, -0.05) is 27.7 Å². The molecule has 0 spiro atoms. The fourth-order valence-electron chi connectivity index (χ4n) is 2.06. The van der Waals surface area contributed by atoms with Crippen LogP contribution in [0.25, 0.3) is 11.0 Å². The molecule has 1 aromatic heterocycles. The number of carbonyl (C=O) groups excluding carboxylic acids is 1. The molecular weight excluding hydrogens is 380 g/mol. The number of furan rings is 1. The number of halogens is 1. The zero-order valence-corrected chi connectivity index (χ0v) is 15.7. The summed E-state index contributed by atoms with van der Waals surface area (Å²) >= 11 is 4.82. The first-order valence-electron chi connectivity index (χ1n) is 7.26. The summed E-state index contributed by atoms with van der Waals surface area (Å²) in [5.74, 6) is 0.249. The number of rotatable bonds is 5. The van der Waals surface area contributed by atoms with Crippen LogP contribution in [0.5, 0.6) is 0 Å². The SMILES string of the molecule is CCOC(=O)c1oc2ccc(Br)cc2c1CSC(N)=NC(C)C. The molecule has 0 unspecified atom stereocenters. The lowest BCUT2D eigenvalue weighted by molar-refractivity contribution is 0.0491. The van der Waals surface area contributed by atoms with Gasteiger partial charge in [-0.3, -0.25) is 4.99 Å². The van der Waals surface area contributed by atoms with E-state index < -0.39 is 5.97 Å². The van der Waals surface area contributed by atoms with Crippen molar-refractivity contribution < 1.29 is 13.9 Å². The normalized spacial score (nSPS) is 12.1. The zero-order chi connectivity index (χ0) is 17.0. The van der Waals surface area contributed by atoms with E-state index >= 15 is 0 Å². The Labute approximate surface area is 147 Å². The van der Waals surface area contributed by atoms with Gasteiger partial charge in [0.1, 0.15) is 5.58 Å². The summed E-state index contributed by atoms with van der Waals surface area (Å²) in [6, 6.07) is 5.74. The second-order valence-electron chi connectivity index (χ2n) is 5.12. The summed E-state index contributed by atoms with van der Waals surface area (Å²) in [6.45, 7) is 5.98. The van der Waals surface area contributed by atoms with Crippen molar-refractivity contribution in [1.29, 1.82) is 0 Å². The molecule has 0 aliphatic heterocycles. The molecule has 0 fully saturated rings. The number of thioether (sulfide) groups is 1. The van der Waals surface area contributed by atoms with Crippen LogP contribution >= 0.6 is 27.7 Å². The lowest BCUT2D eigenvalue weighted by Crippen LogP contribution is -2.11. The molecule has 0 radical (unpaired) electrons. The predicted molar refractivity (Wildman–Crippen MR) is 97.9 cm³/mol. The minimum Gasteiger partial charge on any atom is -0.460 e. The molecule has 23 heavy (non-hydrogen) atoms. The number of aliphatic imine (C=N–C) groups is 1. The molecule has 0 aliphatic carbocycles. The average molecular weight is 399 g/mol. The van der Waals surface area contributed by atoms with Crippen LogP contribution in [0.4, 0.5) is 0 Å². The Hall–Kier alpha value is -1.47. The van der Waals surface area contributed by atoms with Crippen LogP contribution in [-0.2, 0) is 10.5 Å². The molecular formula is C16H19BrN2O3S. The quantitative estimate of drug-likeness (QED) is 0.460. The molecule has 1 aromatic carbocycles. The minimum atomic E-state index is -0.463. The maximum absolute atomic E-state index is 12.1. The number of esters is 1. The first-order chi connectivity index (χ1) is 10.9. The minimum absolute atomic E-state index is 0.127. The van der Waals surface area contributed by atoms with Crippen molar-refractivity contribution in [2.24, 2.45) is 10.7 Å². The van der Waals surface area contributed by atoms with E-state index in [1.165, 1.54) is 11.8 Å². The van der Waals surface area contributed by atoms with E-state index in [0.29, 0.717) is 23.1 Å². The Balaban J connectivity index is 2.39. The fraction of sp³-hybridized carbons (Fsp3) is 0.375. The Morgan fingerprint density at radius 2 is 2.22 bits per heavy atom. The lowest BCUT2D eigenvalue weighted by atomic mass is 10.1. The molecule has 7 heteroatoms. The van der Waals surface area contributed by atoms with Crippen molar-refractivity contribution in [3.8, 4) is 0 Å². The highest BCUT2D eigenvalue weighted by molar-refractivity contribution is 9.10.